The highest BCUT2D eigenvalue weighted by Crippen LogP contribution is 2.35. The Labute approximate surface area is 124 Å². The maximum atomic E-state index is 3.52. The number of rotatable bonds is 6. The van der Waals surface area contributed by atoms with Crippen LogP contribution < -0.4 is 5.32 Å². The van der Waals surface area contributed by atoms with Gasteiger partial charge in [-0.1, -0.05) is 45.0 Å². The van der Waals surface area contributed by atoms with Gasteiger partial charge in [0.25, 0.3) is 0 Å². The van der Waals surface area contributed by atoms with Crippen LogP contribution in [0.3, 0.4) is 0 Å². The van der Waals surface area contributed by atoms with Gasteiger partial charge in [-0.2, -0.15) is 0 Å². The van der Waals surface area contributed by atoms with Crippen LogP contribution in [-0.4, -0.2) is 31.6 Å². The molecule has 1 aliphatic heterocycles. The predicted molar refractivity (Wildman–Crippen MR) is 87.0 cm³/mol. The Kier molecular flexibility index (Phi) is 5.62. The summed E-state index contributed by atoms with van der Waals surface area (Å²) in [4.78, 5) is 2.51. The molecule has 2 atom stereocenters. The lowest BCUT2D eigenvalue weighted by Crippen LogP contribution is -2.28. The SMILES string of the molecule is CCNCC1CCN(C)C1c1ccc(CC(C)C)cc1. The fourth-order valence-electron chi connectivity index (χ4n) is 3.42. The first-order valence-corrected chi connectivity index (χ1v) is 8.11. The quantitative estimate of drug-likeness (QED) is 0.854. The van der Waals surface area contributed by atoms with Crippen molar-refractivity contribution in [3.05, 3.63) is 35.4 Å². The van der Waals surface area contributed by atoms with Crippen molar-refractivity contribution in [2.24, 2.45) is 11.8 Å². The molecule has 1 saturated heterocycles. The Balaban J connectivity index is 2.07. The van der Waals surface area contributed by atoms with Crippen molar-refractivity contribution < 1.29 is 0 Å². The first-order valence-electron chi connectivity index (χ1n) is 8.11. The largest absolute Gasteiger partial charge is 0.317 e. The summed E-state index contributed by atoms with van der Waals surface area (Å²) in [7, 11) is 2.26. The molecule has 1 aromatic rings. The monoisotopic (exact) mass is 274 g/mol. The van der Waals surface area contributed by atoms with E-state index in [-0.39, 0.29) is 0 Å². The third-order valence-electron chi connectivity index (χ3n) is 4.40. The molecule has 1 N–H and O–H groups in total. The van der Waals surface area contributed by atoms with Gasteiger partial charge in [0.1, 0.15) is 0 Å². The molecule has 112 valence electrons. The molecule has 0 radical (unpaired) electrons. The topological polar surface area (TPSA) is 15.3 Å². The number of likely N-dealkylation sites (tertiary alicyclic amines) is 1. The third-order valence-corrected chi connectivity index (χ3v) is 4.40. The van der Waals surface area contributed by atoms with Crippen molar-refractivity contribution in [1.82, 2.24) is 10.2 Å². The zero-order valence-corrected chi connectivity index (χ0v) is 13.5. The summed E-state index contributed by atoms with van der Waals surface area (Å²) >= 11 is 0. The van der Waals surface area contributed by atoms with Crippen LogP contribution in [0.1, 0.15) is 44.4 Å². The molecule has 20 heavy (non-hydrogen) atoms. The van der Waals surface area contributed by atoms with Crippen molar-refractivity contribution in [3.8, 4) is 0 Å². The summed E-state index contributed by atoms with van der Waals surface area (Å²) in [5, 5.41) is 3.52. The third kappa shape index (κ3) is 3.83. The molecule has 0 amide bonds. The minimum absolute atomic E-state index is 0.585. The van der Waals surface area contributed by atoms with Gasteiger partial charge in [0.05, 0.1) is 0 Å². The van der Waals surface area contributed by atoms with Gasteiger partial charge in [-0.3, -0.25) is 4.90 Å². The molecule has 2 unspecified atom stereocenters. The average Bonchev–Trinajstić information content (AvgIpc) is 2.78. The van der Waals surface area contributed by atoms with Crippen LogP contribution in [0.2, 0.25) is 0 Å². The lowest BCUT2D eigenvalue weighted by atomic mass is 9.92. The maximum absolute atomic E-state index is 3.52. The highest BCUT2D eigenvalue weighted by Gasteiger charge is 2.32. The molecule has 2 heteroatoms. The van der Waals surface area contributed by atoms with Gasteiger partial charge >= 0.3 is 0 Å². The summed E-state index contributed by atoms with van der Waals surface area (Å²) in [6.45, 7) is 10.2. The lowest BCUT2D eigenvalue weighted by molar-refractivity contribution is 0.273. The molecule has 1 aromatic carbocycles. The van der Waals surface area contributed by atoms with Crippen LogP contribution >= 0.6 is 0 Å². The van der Waals surface area contributed by atoms with E-state index in [4.69, 9.17) is 0 Å². The van der Waals surface area contributed by atoms with Crippen LogP contribution in [0, 0.1) is 11.8 Å². The molecule has 0 saturated carbocycles. The van der Waals surface area contributed by atoms with E-state index in [1.165, 1.54) is 30.5 Å². The van der Waals surface area contributed by atoms with Gasteiger partial charge in [-0.15, -0.1) is 0 Å². The summed E-state index contributed by atoms with van der Waals surface area (Å²) in [6, 6.07) is 9.94. The van der Waals surface area contributed by atoms with Gasteiger partial charge < -0.3 is 5.32 Å². The molecule has 2 rings (SSSR count). The Morgan fingerprint density at radius 3 is 2.55 bits per heavy atom. The molecule has 1 aliphatic rings. The smallest absolute Gasteiger partial charge is 0.0385 e. The Morgan fingerprint density at radius 2 is 1.95 bits per heavy atom. The van der Waals surface area contributed by atoms with E-state index in [9.17, 15) is 0 Å². The van der Waals surface area contributed by atoms with Gasteiger partial charge in [-0.05, 0) is 62.5 Å². The number of hydrogen-bond donors (Lipinski definition) is 1. The molecule has 1 fully saturated rings. The molecular formula is C18H30N2. The van der Waals surface area contributed by atoms with E-state index in [1.807, 2.05) is 0 Å². The van der Waals surface area contributed by atoms with Crippen molar-refractivity contribution in [2.45, 2.75) is 39.7 Å². The Hall–Kier alpha value is -0.860. The lowest BCUT2D eigenvalue weighted by Gasteiger charge is -2.26. The van der Waals surface area contributed by atoms with E-state index >= 15 is 0 Å². The second-order valence-corrected chi connectivity index (χ2v) is 6.62. The normalized spacial score (nSPS) is 23.6. The van der Waals surface area contributed by atoms with Crippen molar-refractivity contribution in [2.75, 3.05) is 26.7 Å². The molecular weight excluding hydrogens is 244 g/mol. The summed E-state index contributed by atoms with van der Waals surface area (Å²) in [5.41, 5.74) is 2.95. The number of nitrogens with zero attached hydrogens (tertiary/aromatic N) is 1. The number of benzene rings is 1. The molecule has 0 spiro atoms. The zero-order chi connectivity index (χ0) is 14.5. The first kappa shape index (κ1) is 15.5. The Morgan fingerprint density at radius 1 is 1.25 bits per heavy atom. The van der Waals surface area contributed by atoms with E-state index in [1.54, 1.807) is 0 Å². The van der Waals surface area contributed by atoms with Gasteiger partial charge in [0.2, 0.25) is 0 Å². The highest BCUT2D eigenvalue weighted by molar-refractivity contribution is 5.26. The maximum Gasteiger partial charge on any atom is 0.0385 e. The molecule has 2 nitrogen and oxygen atoms in total. The minimum atomic E-state index is 0.585. The van der Waals surface area contributed by atoms with Crippen LogP contribution in [0.15, 0.2) is 24.3 Å². The van der Waals surface area contributed by atoms with Gasteiger partial charge in [-0.25, -0.2) is 0 Å². The fourth-order valence-corrected chi connectivity index (χ4v) is 3.42. The molecule has 0 aliphatic carbocycles. The average molecular weight is 274 g/mol. The van der Waals surface area contributed by atoms with Crippen molar-refractivity contribution in [3.63, 3.8) is 0 Å². The minimum Gasteiger partial charge on any atom is -0.317 e. The van der Waals surface area contributed by atoms with E-state index in [2.05, 4.69) is 62.3 Å². The standard InChI is InChI=1S/C18H30N2/c1-5-19-13-17-10-11-20(4)18(17)16-8-6-15(7-9-16)12-14(2)3/h6-9,14,17-19H,5,10-13H2,1-4H3. The zero-order valence-electron chi connectivity index (χ0n) is 13.5. The summed E-state index contributed by atoms with van der Waals surface area (Å²) in [6.07, 6.45) is 2.49. The van der Waals surface area contributed by atoms with Gasteiger partial charge in [0.15, 0.2) is 0 Å². The second-order valence-electron chi connectivity index (χ2n) is 6.62. The number of nitrogens with one attached hydrogen (secondary N) is 1. The van der Waals surface area contributed by atoms with Crippen LogP contribution in [0.25, 0.3) is 0 Å². The van der Waals surface area contributed by atoms with Gasteiger partial charge in [0, 0.05) is 6.04 Å². The van der Waals surface area contributed by atoms with Crippen molar-refractivity contribution >= 4 is 0 Å². The summed E-state index contributed by atoms with van der Waals surface area (Å²) < 4.78 is 0. The summed E-state index contributed by atoms with van der Waals surface area (Å²) in [5.74, 6) is 1.48. The molecule has 0 bridgehead atoms. The fraction of sp³-hybridized carbons (Fsp3) is 0.667. The Bertz CT molecular complexity index is 396. The van der Waals surface area contributed by atoms with Crippen LogP contribution in [0.5, 0.6) is 0 Å². The van der Waals surface area contributed by atoms with E-state index < -0.39 is 0 Å². The van der Waals surface area contributed by atoms with Crippen LogP contribution in [-0.2, 0) is 6.42 Å². The molecule has 0 aromatic heterocycles. The van der Waals surface area contributed by atoms with E-state index in [0.717, 1.165) is 24.9 Å². The predicted octanol–water partition coefficient (Wildman–Crippen LogP) is 3.49. The van der Waals surface area contributed by atoms with Crippen LogP contribution in [0.4, 0.5) is 0 Å². The second kappa shape index (κ2) is 7.24. The number of hydrogen-bond acceptors (Lipinski definition) is 2. The van der Waals surface area contributed by atoms with Crippen molar-refractivity contribution in [1.29, 1.82) is 0 Å². The highest BCUT2D eigenvalue weighted by atomic mass is 15.2. The molecule has 1 heterocycles. The van der Waals surface area contributed by atoms with E-state index in [0.29, 0.717) is 6.04 Å². The first-order chi connectivity index (χ1) is 9.61.